The number of ether oxygens (including phenoxy) is 2. The van der Waals surface area contributed by atoms with Crippen molar-refractivity contribution >= 4 is 35.0 Å². The van der Waals surface area contributed by atoms with Gasteiger partial charge in [-0.1, -0.05) is 24.3 Å². The molecule has 0 fully saturated rings. The second kappa shape index (κ2) is 13.6. The lowest BCUT2D eigenvalue weighted by atomic mass is 9.72. The maximum Gasteiger partial charge on any atom is 0.411 e. The van der Waals surface area contributed by atoms with Gasteiger partial charge in [0, 0.05) is 24.3 Å². The largest absolute Gasteiger partial charge is 0.457 e. The predicted molar refractivity (Wildman–Crippen MR) is 190 cm³/mol. The molecule has 8 nitrogen and oxygen atoms in total. The van der Waals surface area contributed by atoms with Crippen LogP contribution in [0.3, 0.4) is 0 Å². The molecule has 0 bridgehead atoms. The van der Waals surface area contributed by atoms with E-state index < -0.39 is 52.5 Å². The fraction of sp³-hybridized carbons (Fsp3) is 0.220. The standard InChI is InChI=1S/C41H32F6N2O6/c1-21-15-27(7-9-31(21)54-29-17-23(3)37(24(4)18-29)48-33(50)11-12-34(48)51)39(40(42,43)44,41(45,46)47)28-8-10-32(22(2)16-28)55-30-19-25(5)38(26(6)20-30)49-35(52)13-14-36(49)53/h7-20H,1-6H3. The molecule has 2 aliphatic heterocycles. The third-order valence-electron chi connectivity index (χ3n) is 9.52. The molecule has 0 atom stereocenters. The normalized spacial score (nSPS) is 14.8. The summed E-state index contributed by atoms with van der Waals surface area (Å²) in [5.41, 5.74) is -4.13. The number of nitrogens with zero attached hydrogens (tertiary/aromatic N) is 2. The molecule has 14 heteroatoms. The number of rotatable bonds is 8. The van der Waals surface area contributed by atoms with Crippen molar-refractivity contribution in [3.63, 3.8) is 0 Å². The van der Waals surface area contributed by atoms with E-state index in [4.69, 9.17) is 9.47 Å². The minimum atomic E-state index is -5.86. The molecular formula is C41H32F6N2O6. The van der Waals surface area contributed by atoms with Crippen LogP contribution in [0.1, 0.15) is 44.5 Å². The van der Waals surface area contributed by atoms with Crippen LogP contribution in [0.2, 0.25) is 0 Å². The summed E-state index contributed by atoms with van der Waals surface area (Å²) in [7, 11) is 0. The predicted octanol–water partition coefficient (Wildman–Crippen LogP) is 9.39. The number of hydrogen-bond donors (Lipinski definition) is 0. The molecule has 0 unspecified atom stereocenters. The van der Waals surface area contributed by atoms with Crippen LogP contribution >= 0.6 is 0 Å². The lowest BCUT2D eigenvalue weighted by molar-refractivity contribution is -0.288. The zero-order chi connectivity index (χ0) is 40.4. The molecule has 4 aromatic carbocycles. The number of aryl methyl sites for hydroxylation is 6. The third-order valence-corrected chi connectivity index (χ3v) is 9.52. The van der Waals surface area contributed by atoms with Crippen LogP contribution in [-0.2, 0) is 24.6 Å². The van der Waals surface area contributed by atoms with Crippen molar-refractivity contribution in [1.82, 2.24) is 0 Å². The average molecular weight is 763 g/mol. The first-order valence-corrected chi connectivity index (χ1v) is 16.7. The van der Waals surface area contributed by atoms with E-state index >= 15 is 26.3 Å². The smallest absolute Gasteiger partial charge is 0.411 e. The number of alkyl halides is 6. The second-order valence-electron chi connectivity index (χ2n) is 13.4. The Morgan fingerprint density at radius 2 is 0.727 bits per heavy atom. The fourth-order valence-corrected chi connectivity index (χ4v) is 7.13. The van der Waals surface area contributed by atoms with Crippen molar-refractivity contribution in [3.8, 4) is 23.0 Å². The van der Waals surface area contributed by atoms with Gasteiger partial charge in [-0.25, -0.2) is 9.80 Å². The van der Waals surface area contributed by atoms with Gasteiger partial charge < -0.3 is 9.47 Å². The number of anilines is 2. The molecule has 0 spiro atoms. The molecule has 0 saturated heterocycles. The highest BCUT2D eigenvalue weighted by Crippen LogP contribution is 2.57. The lowest BCUT2D eigenvalue weighted by Crippen LogP contribution is -2.54. The van der Waals surface area contributed by atoms with Gasteiger partial charge in [0.25, 0.3) is 23.6 Å². The van der Waals surface area contributed by atoms with Gasteiger partial charge in [-0.15, -0.1) is 0 Å². The van der Waals surface area contributed by atoms with Gasteiger partial charge in [0.2, 0.25) is 5.41 Å². The van der Waals surface area contributed by atoms with Crippen LogP contribution in [0.25, 0.3) is 0 Å². The van der Waals surface area contributed by atoms with Crippen molar-refractivity contribution in [2.45, 2.75) is 59.3 Å². The summed E-state index contributed by atoms with van der Waals surface area (Å²) in [4.78, 5) is 51.0. The molecule has 4 aromatic rings. The molecule has 0 N–H and O–H groups in total. The number of halogens is 6. The third kappa shape index (κ3) is 6.55. The van der Waals surface area contributed by atoms with Crippen molar-refractivity contribution in [3.05, 3.63) is 129 Å². The van der Waals surface area contributed by atoms with E-state index in [0.717, 1.165) is 70.5 Å². The highest BCUT2D eigenvalue weighted by atomic mass is 19.4. The summed E-state index contributed by atoms with van der Waals surface area (Å²) >= 11 is 0. The van der Waals surface area contributed by atoms with Gasteiger partial charge in [-0.2, -0.15) is 26.3 Å². The monoisotopic (exact) mass is 762 g/mol. The number of hydrogen-bond acceptors (Lipinski definition) is 6. The van der Waals surface area contributed by atoms with Crippen LogP contribution in [0.5, 0.6) is 23.0 Å². The topological polar surface area (TPSA) is 93.2 Å². The minimum Gasteiger partial charge on any atom is -0.457 e. The van der Waals surface area contributed by atoms with Crippen molar-refractivity contribution in [1.29, 1.82) is 0 Å². The van der Waals surface area contributed by atoms with Crippen LogP contribution in [-0.4, -0.2) is 36.0 Å². The van der Waals surface area contributed by atoms with E-state index in [-0.39, 0.29) is 34.1 Å². The Kier molecular flexibility index (Phi) is 9.52. The SMILES string of the molecule is Cc1cc(C(c2ccc(Oc3cc(C)c(N4C(=O)C=CC4=O)c(C)c3)c(C)c2)(C(F)(F)F)C(F)(F)F)ccc1Oc1cc(C)c(N2C(=O)C=CC2=O)c(C)c1. The van der Waals surface area contributed by atoms with Crippen LogP contribution < -0.4 is 19.3 Å². The van der Waals surface area contributed by atoms with Gasteiger partial charge in [0.15, 0.2) is 0 Å². The molecule has 0 radical (unpaired) electrons. The average Bonchev–Trinajstić information content (AvgIpc) is 3.57. The van der Waals surface area contributed by atoms with Crippen LogP contribution in [0, 0.1) is 41.5 Å². The Hall–Kier alpha value is -6.18. The van der Waals surface area contributed by atoms with Crippen LogP contribution in [0.4, 0.5) is 37.7 Å². The van der Waals surface area contributed by atoms with Crippen molar-refractivity contribution in [2.75, 3.05) is 9.80 Å². The zero-order valence-corrected chi connectivity index (χ0v) is 30.2. The van der Waals surface area contributed by atoms with E-state index in [2.05, 4.69) is 0 Å². The number of benzene rings is 4. The molecule has 2 aliphatic rings. The quantitative estimate of drug-likeness (QED) is 0.131. The maximum atomic E-state index is 15.1. The highest BCUT2D eigenvalue weighted by molar-refractivity contribution is 6.29. The van der Waals surface area contributed by atoms with Gasteiger partial charge >= 0.3 is 12.4 Å². The molecule has 55 heavy (non-hydrogen) atoms. The summed E-state index contributed by atoms with van der Waals surface area (Å²) < 4.78 is 103. The number of amides is 4. The fourth-order valence-electron chi connectivity index (χ4n) is 7.13. The van der Waals surface area contributed by atoms with Crippen LogP contribution in [0.15, 0.2) is 85.0 Å². The molecular weight excluding hydrogens is 730 g/mol. The number of imide groups is 2. The Morgan fingerprint density at radius 1 is 0.436 bits per heavy atom. The lowest BCUT2D eigenvalue weighted by Gasteiger charge is -2.38. The molecule has 284 valence electrons. The number of carbonyl (C=O) groups excluding carboxylic acids is 4. The van der Waals surface area contributed by atoms with Gasteiger partial charge in [-0.3, -0.25) is 19.2 Å². The first-order chi connectivity index (χ1) is 25.6. The molecule has 0 aliphatic carbocycles. The van der Waals surface area contributed by atoms with Gasteiger partial charge in [0.1, 0.15) is 23.0 Å². The van der Waals surface area contributed by atoms with E-state index in [1.807, 2.05) is 0 Å². The Morgan fingerprint density at radius 3 is 0.982 bits per heavy atom. The van der Waals surface area contributed by atoms with E-state index in [1.165, 1.54) is 38.1 Å². The van der Waals surface area contributed by atoms with Crippen molar-refractivity contribution in [2.24, 2.45) is 0 Å². The molecule has 0 saturated carbocycles. The molecule has 6 rings (SSSR count). The summed E-state index contributed by atoms with van der Waals surface area (Å²) in [5.74, 6) is -1.80. The van der Waals surface area contributed by atoms with E-state index in [9.17, 15) is 19.2 Å². The highest BCUT2D eigenvalue weighted by Gasteiger charge is 2.72. The zero-order valence-electron chi connectivity index (χ0n) is 30.2. The summed E-state index contributed by atoms with van der Waals surface area (Å²) in [5, 5.41) is 0. The van der Waals surface area contributed by atoms with Crippen molar-refractivity contribution < 1.29 is 55.0 Å². The summed E-state index contributed by atoms with van der Waals surface area (Å²) in [6.07, 6.45) is -7.19. The van der Waals surface area contributed by atoms with E-state index in [0.29, 0.717) is 33.6 Å². The Labute approximate surface area is 311 Å². The minimum absolute atomic E-state index is 0.0187. The molecule has 4 amide bonds. The molecule has 2 heterocycles. The summed E-state index contributed by atoms with van der Waals surface area (Å²) in [6, 6.07) is 11.1. The Bertz CT molecular complexity index is 2130. The summed E-state index contributed by atoms with van der Waals surface area (Å²) in [6.45, 7) is 9.14. The molecule has 0 aromatic heterocycles. The second-order valence-corrected chi connectivity index (χ2v) is 13.4. The first-order valence-electron chi connectivity index (χ1n) is 16.7. The van der Waals surface area contributed by atoms with Gasteiger partial charge in [0.05, 0.1) is 11.4 Å². The van der Waals surface area contributed by atoms with Gasteiger partial charge in [-0.05, 0) is 122 Å². The number of carbonyl (C=O) groups is 4. The first kappa shape index (κ1) is 38.5. The Balaban J connectivity index is 1.34. The maximum absolute atomic E-state index is 15.1. The van der Waals surface area contributed by atoms with E-state index in [1.54, 1.807) is 27.7 Å².